The molecule has 2 aromatic rings. The van der Waals surface area contributed by atoms with Crippen molar-refractivity contribution in [2.45, 2.75) is 50.8 Å². The van der Waals surface area contributed by atoms with E-state index in [0.29, 0.717) is 17.9 Å². The smallest absolute Gasteiger partial charge is 0.257 e. The van der Waals surface area contributed by atoms with Crippen molar-refractivity contribution in [3.05, 3.63) is 65.7 Å². The second-order valence-corrected chi connectivity index (χ2v) is 8.58. The van der Waals surface area contributed by atoms with Gasteiger partial charge in [-0.05, 0) is 49.9 Å². The van der Waals surface area contributed by atoms with Crippen molar-refractivity contribution in [1.82, 2.24) is 9.80 Å². The molecule has 0 N–H and O–H groups in total. The largest absolute Gasteiger partial charge is 0.491 e. The van der Waals surface area contributed by atoms with Crippen molar-refractivity contribution in [3.63, 3.8) is 0 Å². The molecule has 0 bridgehead atoms. The van der Waals surface area contributed by atoms with Gasteiger partial charge in [-0.1, -0.05) is 48.9 Å². The first-order valence-electron chi connectivity index (χ1n) is 11.6. The van der Waals surface area contributed by atoms with E-state index in [9.17, 15) is 4.79 Å². The average molecular weight is 423 g/mol. The highest BCUT2D eigenvalue weighted by Gasteiger charge is 2.35. The number of hydrogen-bond acceptors (Lipinski definition) is 4. The van der Waals surface area contributed by atoms with Crippen LogP contribution < -0.4 is 4.74 Å². The van der Waals surface area contributed by atoms with Crippen LogP contribution in [0, 0.1) is 0 Å². The number of methoxy groups -OCH3 is 1. The Hall–Kier alpha value is -2.37. The maximum absolute atomic E-state index is 13.5. The van der Waals surface area contributed by atoms with Gasteiger partial charge in [0.25, 0.3) is 5.91 Å². The summed E-state index contributed by atoms with van der Waals surface area (Å²) in [7, 11) is 1.78. The number of carbonyl (C=O) groups is 1. The van der Waals surface area contributed by atoms with E-state index in [4.69, 9.17) is 9.47 Å². The topological polar surface area (TPSA) is 42.0 Å². The minimum atomic E-state index is 0.0720. The Balaban J connectivity index is 1.56. The number of carbonyl (C=O) groups excluding carboxylic acids is 1. The summed E-state index contributed by atoms with van der Waals surface area (Å²) < 4.78 is 12.0. The van der Waals surface area contributed by atoms with Gasteiger partial charge in [0, 0.05) is 26.7 Å². The normalized spacial score (nSPS) is 23.5. The molecular formula is C26H34N2O3. The van der Waals surface area contributed by atoms with Crippen LogP contribution >= 0.6 is 0 Å². The molecule has 4 rings (SSSR count). The summed E-state index contributed by atoms with van der Waals surface area (Å²) in [5, 5.41) is 0. The lowest BCUT2D eigenvalue weighted by atomic mass is 9.93. The van der Waals surface area contributed by atoms with Crippen LogP contribution in [0.15, 0.2) is 54.6 Å². The molecule has 0 saturated carbocycles. The molecule has 2 atom stereocenters. The molecule has 166 valence electrons. The van der Waals surface area contributed by atoms with Gasteiger partial charge in [-0.3, -0.25) is 9.69 Å². The number of amides is 1. The third-order valence-corrected chi connectivity index (χ3v) is 6.54. The van der Waals surface area contributed by atoms with E-state index in [2.05, 4.69) is 35.2 Å². The van der Waals surface area contributed by atoms with Crippen LogP contribution in [-0.2, 0) is 11.3 Å². The van der Waals surface area contributed by atoms with Crippen LogP contribution in [-0.4, -0.2) is 61.2 Å². The molecule has 0 spiro atoms. The monoisotopic (exact) mass is 422 g/mol. The molecule has 1 saturated heterocycles. The Labute approximate surface area is 185 Å². The summed E-state index contributed by atoms with van der Waals surface area (Å²) in [6, 6.07) is 18.4. The van der Waals surface area contributed by atoms with E-state index in [0.717, 1.165) is 58.3 Å². The van der Waals surface area contributed by atoms with Gasteiger partial charge < -0.3 is 14.4 Å². The molecule has 2 heterocycles. The number of benzene rings is 2. The van der Waals surface area contributed by atoms with E-state index >= 15 is 0 Å². The second-order valence-electron chi connectivity index (χ2n) is 8.58. The van der Waals surface area contributed by atoms with Gasteiger partial charge >= 0.3 is 0 Å². The van der Waals surface area contributed by atoms with Gasteiger partial charge in [0.05, 0.1) is 17.7 Å². The molecule has 2 aliphatic heterocycles. The first-order valence-corrected chi connectivity index (χ1v) is 11.6. The summed E-state index contributed by atoms with van der Waals surface area (Å²) in [4.78, 5) is 18.0. The molecular weight excluding hydrogens is 388 g/mol. The Morgan fingerprint density at radius 3 is 2.58 bits per heavy atom. The highest BCUT2D eigenvalue weighted by Crippen LogP contribution is 2.29. The number of hydrogen-bond donors (Lipinski definition) is 0. The standard InChI is InChI=1S/C26H34N2O3/c1-30-25-15-9-17-28-23(25)13-7-8-16-27(20-21-10-3-2-4-11-21)18-19-31-24-14-6-5-12-22(24)26(28)29/h2-6,10-12,14,23,25H,7-9,13,15-20H2,1H3/t23-,25-/m0/s1. The Bertz CT molecular complexity index is 842. The van der Waals surface area contributed by atoms with Crippen LogP contribution in [0.1, 0.15) is 48.0 Å². The molecule has 1 fully saturated rings. The third kappa shape index (κ3) is 5.46. The fourth-order valence-corrected chi connectivity index (χ4v) is 4.90. The van der Waals surface area contributed by atoms with Crippen molar-refractivity contribution in [1.29, 1.82) is 0 Å². The van der Waals surface area contributed by atoms with Crippen LogP contribution in [0.4, 0.5) is 0 Å². The van der Waals surface area contributed by atoms with Crippen molar-refractivity contribution < 1.29 is 14.3 Å². The first kappa shape index (κ1) is 21.8. The van der Waals surface area contributed by atoms with Crippen molar-refractivity contribution in [2.75, 3.05) is 33.4 Å². The number of ether oxygens (including phenoxy) is 2. The number of para-hydroxylation sites is 1. The maximum atomic E-state index is 13.5. The van der Waals surface area contributed by atoms with Gasteiger partial charge in [0.15, 0.2) is 0 Å². The molecule has 2 aromatic carbocycles. The zero-order valence-electron chi connectivity index (χ0n) is 18.5. The number of rotatable bonds is 3. The van der Waals surface area contributed by atoms with E-state index in [1.54, 1.807) is 7.11 Å². The highest BCUT2D eigenvalue weighted by molar-refractivity contribution is 5.97. The SMILES string of the molecule is CO[C@H]1CCCN2C(=O)c3ccccc3OCCN(Cc3ccccc3)CCCC[C@@H]12. The fraction of sp³-hybridized carbons (Fsp3) is 0.500. The minimum Gasteiger partial charge on any atom is -0.491 e. The van der Waals surface area contributed by atoms with Gasteiger partial charge in [0.1, 0.15) is 12.4 Å². The van der Waals surface area contributed by atoms with Crippen LogP contribution in [0.2, 0.25) is 0 Å². The number of nitrogens with zero attached hydrogens (tertiary/aromatic N) is 2. The van der Waals surface area contributed by atoms with Gasteiger partial charge in [-0.25, -0.2) is 0 Å². The number of piperidine rings is 1. The molecule has 2 aliphatic rings. The maximum Gasteiger partial charge on any atom is 0.257 e. The molecule has 5 heteroatoms. The quantitative estimate of drug-likeness (QED) is 0.737. The minimum absolute atomic E-state index is 0.0720. The summed E-state index contributed by atoms with van der Waals surface area (Å²) >= 11 is 0. The van der Waals surface area contributed by atoms with Gasteiger partial charge in [-0.15, -0.1) is 0 Å². The predicted molar refractivity (Wildman–Crippen MR) is 122 cm³/mol. The zero-order valence-corrected chi connectivity index (χ0v) is 18.5. The first-order chi connectivity index (χ1) is 15.3. The van der Waals surface area contributed by atoms with E-state index < -0.39 is 0 Å². The number of fused-ring (bicyclic) bond motifs is 2. The highest BCUT2D eigenvalue weighted by atomic mass is 16.5. The second kappa shape index (κ2) is 10.8. The van der Waals surface area contributed by atoms with Crippen LogP contribution in [0.5, 0.6) is 5.75 Å². The van der Waals surface area contributed by atoms with Crippen molar-refractivity contribution in [2.24, 2.45) is 0 Å². The lowest BCUT2D eigenvalue weighted by Gasteiger charge is -2.41. The molecule has 5 nitrogen and oxygen atoms in total. The van der Waals surface area contributed by atoms with Crippen LogP contribution in [0.3, 0.4) is 0 Å². The average Bonchev–Trinajstić information content (AvgIpc) is 2.82. The van der Waals surface area contributed by atoms with E-state index in [-0.39, 0.29) is 18.1 Å². The van der Waals surface area contributed by atoms with Gasteiger partial charge in [0.2, 0.25) is 0 Å². The Morgan fingerprint density at radius 2 is 1.74 bits per heavy atom. The van der Waals surface area contributed by atoms with Crippen LogP contribution in [0.25, 0.3) is 0 Å². The Morgan fingerprint density at radius 1 is 0.935 bits per heavy atom. The van der Waals surface area contributed by atoms with Crippen molar-refractivity contribution >= 4 is 5.91 Å². The van der Waals surface area contributed by atoms with Gasteiger partial charge in [-0.2, -0.15) is 0 Å². The molecule has 0 unspecified atom stereocenters. The molecule has 0 aliphatic carbocycles. The summed E-state index contributed by atoms with van der Waals surface area (Å²) in [6.07, 6.45) is 5.28. The molecule has 1 amide bonds. The zero-order chi connectivity index (χ0) is 21.5. The third-order valence-electron chi connectivity index (χ3n) is 6.54. The fourth-order valence-electron chi connectivity index (χ4n) is 4.90. The molecule has 31 heavy (non-hydrogen) atoms. The summed E-state index contributed by atoms with van der Waals surface area (Å²) in [6.45, 7) is 4.14. The lowest BCUT2D eigenvalue weighted by Crippen LogP contribution is -2.51. The van der Waals surface area contributed by atoms with E-state index in [1.807, 2.05) is 29.2 Å². The lowest BCUT2D eigenvalue weighted by molar-refractivity contribution is -0.0155. The molecule has 0 aromatic heterocycles. The predicted octanol–water partition coefficient (Wildman–Crippen LogP) is 4.37. The Kier molecular flexibility index (Phi) is 7.60. The summed E-state index contributed by atoms with van der Waals surface area (Å²) in [5.74, 6) is 0.757. The van der Waals surface area contributed by atoms with E-state index in [1.165, 1.54) is 5.56 Å². The van der Waals surface area contributed by atoms with Crippen molar-refractivity contribution in [3.8, 4) is 5.75 Å². The molecule has 0 radical (unpaired) electrons. The summed E-state index contributed by atoms with van der Waals surface area (Å²) in [5.41, 5.74) is 1.98.